The van der Waals surface area contributed by atoms with Crippen LogP contribution in [0.2, 0.25) is 0 Å². The third-order valence-corrected chi connectivity index (χ3v) is 6.14. The van der Waals surface area contributed by atoms with Gasteiger partial charge in [-0.05, 0) is 73.6 Å². The Morgan fingerprint density at radius 2 is 1.90 bits per heavy atom. The number of hydrogen-bond acceptors (Lipinski definition) is 6. The number of fused-ring (bicyclic) bond motifs is 1. The zero-order valence-corrected chi connectivity index (χ0v) is 18.0. The van der Waals surface area contributed by atoms with Gasteiger partial charge in [-0.15, -0.1) is 10.2 Å². The van der Waals surface area contributed by atoms with E-state index in [1.807, 2.05) is 31.2 Å². The average Bonchev–Trinajstić information content (AvgIpc) is 3.26. The van der Waals surface area contributed by atoms with Crippen molar-refractivity contribution >= 4 is 17.7 Å². The predicted octanol–water partition coefficient (Wildman–Crippen LogP) is 4.59. The van der Waals surface area contributed by atoms with Crippen LogP contribution in [0, 0.1) is 0 Å². The number of rotatable bonds is 7. The van der Waals surface area contributed by atoms with Crippen molar-refractivity contribution in [3.05, 3.63) is 59.2 Å². The van der Waals surface area contributed by atoms with E-state index in [2.05, 4.69) is 33.7 Å². The normalized spacial score (nSPS) is 14.1. The third kappa shape index (κ3) is 4.84. The van der Waals surface area contributed by atoms with Crippen LogP contribution in [0.15, 0.2) is 52.1 Å². The molecule has 4 rings (SSSR count). The lowest BCUT2D eigenvalue weighted by Crippen LogP contribution is -2.28. The molecule has 3 aromatic rings. The molecule has 0 saturated carbocycles. The smallest absolute Gasteiger partial charge is 0.277 e. The number of ether oxygens (including phenoxy) is 1. The first-order valence-corrected chi connectivity index (χ1v) is 11.1. The van der Waals surface area contributed by atoms with Gasteiger partial charge < -0.3 is 14.5 Å². The minimum Gasteiger partial charge on any atom is -0.497 e. The highest BCUT2D eigenvalue weighted by atomic mass is 32.2. The molecular weight excluding hydrogens is 398 g/mol. The van der Waals surface area contributed by atoms with Crippen LogP contribution in [0.5, 0.6) is 5.75 Å². The molecule has 2 aromatic carbocycles. The van der Waals surface area contributed by atoms with Gasteiger partial charge in [0, 0.05) is 5.56 Å². The molecule has 0 bridgehead atoms. The lowest BCUT2D eigenvalue weighted by atomic mass is 9.89. The second-order valence-electron chi connectivity index (χ2n) is 7.41. The molecule has 1 heterocycles. The summed E-state index contributed by atoms with van der Waals surface area (Å²) < 4.78 is 10.8. The molecule has 7 heteroatoms. The molecule has 1 aromatic heterocycles. The van der Waals surface area contributed by atoms with Gasteiger partial charge in [0.1, 0.15) is 5.75 Å². The SMILES string of the molecule is COc1ccc(-c2nnc(SCC(=O)N[C@H](C)c3ccc4c(c3)CCCC4)o2)cc1. The van der Waals surface area contributed by atoms with E-state index in [1.165, 1.54) is 35.7 Å². The molecule has 0 unspecified atom stereocenters. The second kappa shape index (κ2) is 9.34. The zero-order valence-electron chi connectivity index (χ0n) is 17.2. The third-order valence-electron chi connectivity index (χ3n) is 5.32. The Morgan fingerprint density at radius 1 is 1.13 bits per heavy atom. The Bertz CT molecular complexity index is 1020. The quantitative estimate of drug-likeness (QED) is 0.560. The number of methoxy groups -OCH3 is 1. The fraction of sp³-hybridized carbons (Fsp3) is 0.348. The summed E-state index contributed by atoms with van der Waals surface area (Å²) in [6.07, 6.45) is 4.81. The van der Waals surface area contributed by atoms with E-state index < -0.39 is 0 Å². The first-order valence-electron chi connectivity index (χ1n) is 10.1. The zero-order chi connectivity index (χ0) is 20.9. The Morgan fingerprint density at radius 3 is 2.67 bits per heavy atom. The lowest BCUT2D eigenvalue weighted by Gasteiger charge is -2.20. The summed E-state index contributed by atoms with van der Waals surface area (Å²) in [6.45, 7) is 2.02. The van der Waals surface area contributed by atoms with Crippen molar-refractivity contribution in [2.75, 3.05) is 12.9 Å². The summed E-state index contributed by atoms with van der Waals surface area (Å²) in [7, 11) is 1.62. The Labute approximate surface area is 180 Å². The number of benzene rings is 2. The first-order chi connectivity index (χ1) is 14.6. The second-order valence-corrected chi connectivity index (χ2v) is 8.34. The van der Waals surface area contributed by atoms with E-state index in [-0.39, 0.29) is 17.7 Å². The first kappa shape index (κ1) is 20.5. The molecule has 30 heavy (non-hydrogen) atoms. The summed E-state index contributed by atoms with van der Waals surface area (Å²) in [5, 5.41) is 11.5. The van der Waals surface area contributed by atoms with E-state index in [0.717, 1.165) is 29.7 Å². The van der Waals surface area contributed by atoms with Gasteiger partial charge in [-0.25, -0.2) is 0 Å². The maximum absolute atomic E-state index is 12.4. The molecule has 1 atom stereocenters. The van der Waals surface area contributed by atoms with Crippen LogP contribution in [0.3, 0.4) is 0 Å². The van der Waals surface area contributed by atoms with Crippen molar-refractivity contribution in [2.45, 2.75) is 43.9 Å². The highest BCUT2D eigenvalue weighted by Gasteiger charge is 2.16. The van der Waals surface area contributed by atoms with Gasteiger partial charge in [0.25, 0.3) is 5.22 Å². The molecule has 1 aliphatic rings. The van der Waals surface area contributed by atoms with Crippen molar-refractivity contribution in [3.63, 3.8) is 0 Å². The minimum absolute atomic E-state index is 0.0390. The van der Waals surface area contributed by atoms with Gasteiger partial charge in [0.2, 0.25) is 11.8 Å². The van der Waals surface area contributed by atoms with E-state index in [0.29, 0.717) is 11.1 Å². The molecule has 1 amide bonds. The molecule has 156 valence electrons. The monoisotopic (exact) mass is 423 g/mol. The molecule has 0 spiro atoms. The van der Waals surface area contributed by atoms with Crippen molar-refractivity contribution < 1.29 is 13.9 Å². The van der Waals surface area contributed by atoms with Crippen LogP contribution >= 0.6 is 11.8 Å². The van der Waals surface area contributed by atoms with Crippen molar-refractivity contribution in [2.24, 2.45) is 0 Å². The van der Waals surface area contributed by atoms with Crippen molar-refractivity contribution in [3.8, 4) is 17.2 Å². The van der Waals surface area contributed by atoms with Gasteiger partial charge in [0.15, 0.2) is 0 Å². The fourth-order valence-electron chi connectivity index (χ4n) is 3.63. The van der Waals surface area contributed by atoms with Gasteiger partial charge in [0.05, 0.1) is 18.9 Å². The van der Waals surface area contributed by atoms with Crippen LogP contribution in [-0.4, -0.2) is 29.0 Å². The Kier molecular flexibility index (Phi) is 6.38. The lowest BCUT2D eigenvalue weighted by molar-refractivity contribution is -0.119. The predicted molar refractivity (Wildman–Crippen MR) is 117 cm³/mol. The standard InChI is InChI=1S/C23H25N3O3S/c1-15(18-8-7-16-5-3-4-6-19(16)13-18)24-21(27)14-30-23-26-25-22(29-23)17-9-11-20(28-2)12-10-17/h7-13,15H,3-6,14H2,1-2H3,(H,24,27)/t15-/m1/s1. The number of nitrogens with zero attached hydrogens (tertiary/aromatic N) is 2. The topological polar surface area (TPSA) is 77.2 Å². The summed E-state index contributed by atoms with van der Waals surface area (Å²) in [5.74, 6) is 1.34. The summed E-state index contributed by atoms with van der Waals surface area (Å²) in [5.41, 5.74) is 4.82. The molecular formula is C23H25N3O3S. The van der Waals surface area contributed by atoms with Crippen LogP contribution in [0.4, 0.5) is 0 Å². The minimum atomic E-state index is -0.0607. The summed E-state index contributed by atoms with van der Waals surface area (Å²) in [6, 6.07) is 13.9. The highest BCUT2D eigenvalue weighted by molar-refractivity contribution is 7.99. The number of amides is 1. The number of carbonyl (C=O) groups is 1. The van der Waals surface area contributed by atoms with Gasteiger partial charge in [-0.1, -0.05) is 30.0 Å². The maximum atomic E-state index is 12.4. The largest absolute Gasteiger partial charge is 0.497 e. The summed E-state index contributed by atoms with van der Waals surface area (Å²) in [4.78, 5) is 12.4. The van der Waals surface area contributed by atoms with E-state index >= 15 is 0 Å². The Balaban J connectivity index is 1.31. The van der Waals surface area contributed by atoms with Gasteiger partial charge >= 0.3 is 0 Å². The molecule has 1 aliphatic carbocycles. The van der Waals surface area contributed by atoms with Crippen molar-refractivity contribution in [1.82, 2.24) is 15.5 Å². The molecule has 0 radical (unpaired) electrons. The molecule has 6 nitrogen and oxygen atoms in total. The molecule has 0 aliphatic heterocycles. The summed E-state index contributed by atoms with van der Waals surface area (Å²) >= 11 is 1.23. The van der Waals surface area contributed by atoms with Gasteiger partial charge in [-0.3, -0.25) is 4.79 Å². The molecule has 1 N–H and O–H groups in total. The number of hydrogen-bond donors (Lipinski definition) is 1. The number of aromatic nitrogens is 2. The number of aryl methyl sites for hydroxylation is 2. The maximum Gasteiger partial charge on any atom is 0.277 e. The number of carbonyl (C=O) groups excluding carboxylic acids is 1. The number of nitrogens with one attached hydrogen (secondary N) is 1. The highest BCUT2D eigenvalue weighted by Crippen LogP contribution is 2.26. The molecule has 0 saturated heterocycles. The van der Waals surface area contributed by atoms with Gasteiger partial charge in [-0.2, -0.15) is 0 Å². The average molecular weight is 424 g/mol. The van der Waals surface area contributed by atoms with E-state index in [1.54, 1.807) is 7.11 Å². The molecule has 0 fully saturated rings. The number of thioether (sulfide) groups is 1. The van der Waals surface area contributed by atoms with Crippen LogP contribution < -0.4 is 10.1 Å². The van der Waals surface area contributed by atoms with E-state index in [4.69, 9.17) is 9.15 Å². The Hall–Kier alpha value is -2.80. The van der Waals surface area contributed by atoms with Crippen LogP contribution in [0.1, 0.15) is 42.5 Å². The van der Waals surface area contributed by atoms with Crippen LogP contribution in [0.25, 0.3) is 11.5 Å². The van der Waals surface area contributed by atoms with E-state index in [9.17, 15) is 4.79 Å². The fourth-order valence-corrected chi connectivity index (χ4v) is 4.21. The van der Waals surface area contributed by atoms with Crippen LogP contribution in [-0.2, 0) is 17.6 Å². The van der Waals surface area contributed by atoms with Crippen molar-refractivity contribution in [1.29, 1.82) is 0 Å².